The van der Waals surface area contributed by atoms with Crippen LogP contribution in [0.1, 0.15) is 41.0 Å². The van der Waals surface area contributed by atoms with Crippen LogP contribution >= 0.6 is 0 Å². The third kappa shape index (κ3) is 3.74. The maximum atomic E-state index is 13.0. The number of rotatable bonds is 5. The van der Waals surface area contributed by atoms with Gasteiger partial charge < -0.3 is 10.1 Å². The van der Waals surface area contributed by atoms with E-state index < -0.39 is 0 Å². The number of pyridine rings is 1. The molecule has 152 valence electrons. The predicted molar refractivity (Wildman–Crippen MR) is 110 cm³/mol. The molecule has 3 heterocycles. The van der Waals surface area contributed by atoms with Crippen LogP contribution in [0.25, 0.3) is 0 Å². The zero-order valence-electron chi connectivity index (χ0n) is 17.0. The third-order valence-corrected chi connectivity index (χ3v) is 4.94. The normalized spacial score (nSPS) is 15.9. The van der Waals surface area contributed by atoms with Crippen LogP contribution in [0.2, 0.25) is 0 Å². The second kappa shape index (κ2) is 7.69. The quantitative estimate of drug-likeness (QED) is 0.709. The summed E-state index contributed by atoms with van der Waals surface area (Å²) in [5, 5.41) is 9.00. The summed E-state index contributed by atoms with van der Waals surface area (Å²) < 4.78 is 5.47. The van der Waals surface area contributed by atoms with Crippen LogP contribution in [-0.4, -0.2) is 46.8 Å². The van der Waals surface area contributed by atoms with Gasteiger partial charge in [-0.2, -0.15) is 0 Å². The highest BCUT2D eigenvalue weighted by Crippen LogP contribution is 2.30. The van der Waals surface area contributed by atoms with Crippen molar-refractivity contribution in [2.45, 2.75) is 33.0 Å². The van der Waals surface area contributed by atoms with Crippen LogP contribution < -0.4 is 21.1 Å². The number of hydrogen-bond donors (Lipinski definition) is 3. The van der Waals surface area contributed by atoms with Gasteiger partial charge >= 0.3 is 0 Å². The number of fused-ring (bicyclic) bond motifs is 1. The Labute approximate surface area is 169 Å². The Balaban J connectivity index is 1.58. The van der Waals surface area contributed by atoms with Gasteiger partial charge in [0, 0.05) is 19.1 Å². The molecule has 0 atom stereocenters. The van der Waals surface area contributed by atoms with E-state index in [0.29, 0.717) is 28.7 Å². The monoisotopic (exact) mass is 395 g/mol. The molecule has 0 fully saturated rings. The van der Waals surface area contributed by atoms with Gasteiger partial charge in [-0.1, -0.05) is 6.07 Å². The first-order valence-corrected chi connectivity index (χ1v) is 9.51. The van der Waals surface area contributed by atoms with Crippen LogP contribution in [0.5, 0.6) is 5.75 Å². The van der Waals surface area contributed by atoms with Crippen LogP contribution in [0.4, 0.5) is 5.82 Å². The first kappa shape index (κ1) is 19.2. The molecule has 0 bridgehead atoms. The summed E-state index contributed by atoms with van der Waals surface area (Å²) in [5.41, 5.74) is 9.19. The highest BCUT2D eigenvalue weighted by molar-refractivity contribution is 6.06. The molecule has 4 rings (SSSR count). The Hall–Kier alpha value is -3.17. The van der Waals surface area contributed by atoms with Crippen molar-refractivity contribution >= 4 is 17.6 Å². The molecule has 2 aliphatic heterocycles. The van der Waals surface area contributed by atoms with E-state index in [2.05, 4.69) is 38.4 Å². The van der Waals surface area contributed by atoms with Gasteiger partial charge in [-0.15, -0.1) is 10.6 Å². The van der Waals surface area contributed by atoms with Crippen molar-refractivity contribution < 1.29 is 9.53 Å². The number of hydrazine groups is 2. The summed E-state index contributed by atoms with van der Waals surface area (Å²) in [7, 11) is 3.63. The molecule has 2 aliphatic rings. The number of hydrazone groups is 1. The number of amides is 1. The average Bonchev–Trinajstić information content (AvgIpc) is 3.32. The highest BCUT2D eigenvalue weighted by Gasteiger charge is 2.24. The summed E-state index contributed by atoms with van der Waals surface area (Å²) in [6.45, 7) is 5.75. The first-order valence-electron chi connectivity index (χ1n) is 9.51. The fraction of sp³-hybridized carbons (Fsp3) is 0.350. The number of nitrogens with zero attached hydrogens (tertiary/aromatic N) is 4. The molecule has 0 saturated carbocycles. The summed E-state index contributed by atoms with van der Waals surface area (Å²) in [5.74, 6) is 1.42. The van der Waals surface area contributed by atoms with Crippen LogP contribution in [-0.2, 0) is 13.1 Å². The minimum atomic E-state index is -0.255. The smallest absolute Gasteiger partial charge is 0.260 e. The number of ether oxygens (including phenoxy) is 1. The molecule has 29 heavy (non-hydrogen) atoms. The standard InChI is InChI=1S/C20H25N7O2/c1-12(2)27-19(23-24-25-27)16-6-5-7-18(21-16)22-20(28)15-8-13-10-26(3)11-14(13)9-17(15)29-4/h5-9,12,24-25H,10-11H2,1-4H3,(H,21,22,28). The summed E-state index contributed by atoms with van der Waals surface area (Å²) >= 11 is 0. The molecule has 9 heteroatoms. The molecular formula is C20H25N7O2. The van der Waals surface area contributed by atoms with E-state index in [1.807, 2.05) is 43.1 Å². The van der Waals surface area contributed by atoms with Gasteiger partial charge in [-0.3, -0.25) is 14.7 Å². The third-order valence-electron chi connectivity index (χ3n) is 4.94. The molecule has 1 amide bonds. The number of carbonyl (C=O) groups excluding carboxylic acids is 1. The van der Waals surface area contributed by atoms with Gasteiger partial charge in [-0.25, -0.2) is 10.5 Å². The average molecular weight is 395 g/mol. The Bertz CT molecular complexity index is 973. The van der Waals surface area contributed by atoms with Crippen LogP contribution in [0.3, 0.4) is 0 Å². The van der Waals surface area contributed by atoms with Gasteiger partial charge in [0.25, 0.3) is 5.91 Å². The molecule has 0 radical (unpaired) electrons. The Morgan fingerprint density at radius 1 is 1.24 bits per heavy atom. The predicted octanol–water partition coefficient (Wildman–Crippen LogP) is 1.68. The topological polar surface area (TPSA) is 94.1 Å². The van der Waals surface area contributed by atoms with Crippen LogP contribution in [0.15, 0.2) is 35.4 Å². The van der Waals surface area contributed by atoms with Crippen molar-refractivity contribution in [2.24, 2.45) is 5.10 Å². The molecule has 0 saturated heterocycles. The number of amidine groups is 1. The van der Waals surface area contributed by atoms with Crippen molar-refractivity contribution in [1.82, 2.24) is 26.0 Å². The van der Waals surface area contributed by atoms with Crippen molar-refractivity contribution in [2.75, 3.05) is 19.5 Å². The fourth-order valence-corrected chi connectivity index (χ4v) is 3.55. The van der Waals surface area contributed by atoms with Crippen molar-refractivity contribution in [3.8, 4) is 5.75 Å². The van der Waals surface area contributed by atoms with E-state index >= 15 is 0 Å². The molecule has 0 spiro atoms. The number of aromatic nitrogens is 1. The van der Waals surface area contributed by atoms with E-state index in [9.17, 15) is 4.79 Å². The number of benzene rings is 1. The largest absolute Gasteiger partial charge is 0.496 e. The van der Waals surface area contributed by atoms with Crippen molar-refractivity contribution in [1.29, 1.82) is 0 Å². The molecule has 3 N–H and O–H groups in total. The molecular weight excluding hydrogens is 370 g/mol. The number of nitrogens with one attached hydrogen (secondary N) is 3. The van der Waals surface area contributed by atoms with Crippen LogP contribution in [0, 0.1) is 0 Å². The molecule has 0 unspecified atom stereocenters. The maximum Gasteiger partial charge on any atom is 0.260 e. The van der Waals surface area contributed by atoms with Gasteiger partial charge in [-0.05, 0) is 56.3 Å². The van der Waals surface area contributed by atoms with Gasteiger partial charge in [0.05, 0.1) is 12.7 Å². The Kier molecular flexibility index (Phi) is 5.08. The van der Waals surface area contributed by atoms with Crippen molar-refractivity contribution in [3.05, 3.63) is 52.7 Å². The lowest BCUT2D eigenvalue weighted by Crippen LogP contribution is -2.45. The number of hydrogen-bond acceptors (Lipinski definition) is 8. The lowest BCUT2D eigenvalue weighted by Gasteiger charge is -2.22. The fourth-order valence-electron chi connectivity index (χ4n) is 3.55. The second-order valence-corrected chi connectivity index (χ2v) is 7.48. The van der Waals surface area contributed by atoms with E-state index in [4.69, 9.17) is 4.74 Å². The second-order valence-electron chi connectivity index (χ2n) is 7.48. The number of methoxy groups -OCH3 is 1. The Morgan fingerprint density at radius 3 is 2.72 bits per heavy atom. The van der Waals surface area contributed by atoms with Gasteiger partial charge in [0.1, 0.15) is 17.3 Å². The van der Waals surface area contributed by atoms with Crippen molar-refractivity contribution in [3.63, 3.8) is 0 Å². The van der Waals surface area contributed by atoms with E-state index in [1.165, 1.54) is 5.56 Å². The highest BCUT2D eigenvalue weighted by atomic mass is 16.5. The summed E-state index contributed by atoms with van der Waals surface area (Å²) in [6.07, 6.45) is 0. The summed E-state index contributed by atoms with van der Waals surface area (Å²) in [6, 6.07) is 9.48. The maximum absolute atomic E-state index is 13.0. The zero-order valence-corrected chi connectivity index (χ0v) is 17.0. The van der Waals surface area contributed by atoms with E-state index in [0.717, 1.165) is 18.7 Å². The molecule has 0 aliphatic carbocycles. The van der Waals surface area contributed by atoms with E-state index in [1.54, 1.807) is 13.2 Å². The molecule has 1 aromatic carbocycles. The molecule has 1 aromatic heterocycles. The SMILES string of the molecule is COc1cc2c(cc1C(=O)Nc1cccc(C3=NNNN3C(C)C)n1)CN(C)C2. The zero-order chi connectivity index (χ0) is 20.5. The molecule has 2 aromatic rings. The lowest BCUT2D eigenvalue weighted by molar-refractivity contribution is 0.102. The Morgan fingerprint density at radius 2 is 2.00 bits per heavy atom. The van der Waals surface area contributed by atoms with Gasteiger partial charge in [0.15, 0.2) is 5.84 Å². The number of carbonyl (C=O) groups is 1. The number of anilines is 1. The summed E-state index contributed by atoms with van der Waals surface area (Å²) in [4.78, 5) is 19.7. The van der Waals surface area contributed by atoms with E-state index in [-0.39, 0.29) is 11.9 Å². The minimum absolute atomic E-state index is 0.178. The van der Waals surface area contributed by atoms with Gasteiger partial charge in [0.2, 0.25) is 0 Å². The lowest BCUT2D eigenvalue weighted by atomic mass is 10.0. The minimum Gasteiger partial charge on any atom is -0.496 e. The first-order chi connectivity index (χ1) is 14.0. The molecule has 9 nitrogen and oxygen atoms in total.